The third-order valence-electron chi connectivity index (χ3n) is 2.61. The zero-order valence-corrected chi connectivity index (χ0v) is 10.5. The van der Waals surface area contributed by atoms with Gasteiger partial charge in [0.2, 0.25) is 0 Å². The highest BCUT2D eigenvalue weighted by Crippen LogP contribution is 2.18. The van der Waals surface area contributed by atoms with Crippen LogP contribution >= 0.6 is 11.6 Å². The van der Waals surface area contributed by atoms with Crippen molar-refractivity contribution in [3.63, 3.8) is 0 Å². The summed E-state index contributed by atoms with van der Waals surface area (Å²) in [5, 5.41) is 0.0203. The summed E-state index contributed by atoms with van der Waals surface area (Å²) in [5.41, 5.74) is 0.104. The van der Waals surface area contributed by atoms with E-state index in [1.165, 1.54) is 0 Å². The molecule has 18 heavy (non-hydrogen) atoms. The Morgan fingerprint density at radius 1 is 1.50 bits per heavy atom. The Bertz CT molecular complexity index is 435. The van der Waals surface area contributed by atoms with E-state index in [1.54, 1.807) is 0 Å². The van der Waals surface area contributed by atoms with Gasteiger partial charge in [0.1, 0.15) is 11.0 Å². The maximum Gasteiger partial charge on any atom is 0.166 e. The number of carbonyl (C=O) groups is 1. The highest BCUT2D eigenvalue weighted by Gasteiger charge is 2.18. The lowest BCUT2D eigenvalue weighted by Crippen LogP contribution is -2.25. The van der Waals surface area contributed by atoms with E-state index in [9.17, 15) is 9.18 Å². The molecular formula is C12H13ClFNO3. The smallest absolute Gasteiger partial charge is 0.166 e. The van der Waals surface area contributed by atoms with Crippen LogP contribution in [0.3, 0.4) is 0 Å². The summed E-state index contributed by atoms with van der Waals surface area (Å²) in [5.74, 6) is -0.835. The number of halogens is 2. The number of aromatic nitrogens is 1. The van der Waals surface area contributed by atoms with E-state index in [0.29, 0.717) is 19.6 Å². The summed E-state index contributed by atoms with van der Waals surface area (Å²) >= 11 is 5.75. The highest BCUT2D eigenvalue weighted by molar-refractivity contribution is 6.32. The van der Waals surface area contributed by atoms with Crippen LogP contribution in [0.1, 0.15) is 29.6 Å². The van der Waals surface area contributed by atoms with Crippen LogP contribution < -0.4 is 0 Å². The van der Waals surface area contributed by atoms with Crippen molar-refractivity contribution in [2.24, 2.45) is 0 Å². The molecule has 0 saturated carbocycles. The quantitative estimate of drug-likeness (QED) is 0.625. The van der Waals surface area contributed by atoms with Gasteiger partial charge in [-0.1, -0.05) is 11.6 Å². The molecule has 1 saturated heterocycles. The molecule has 1 aliphatic rings. The number of Topliss-reactive ketones (excluding diaryl/α,β-unsaturated/α-hetero) is 1. The molecule has 1 aromatic rings. The van der Waals surface area contributed by atoms with Crippen molar-refractivity contribution in [3.8, 4) is 0 Å². The molecule has 0 N–H and O–H groups in total. The van der Waals surface area contributed by atoms with Crippen LogP contribution in [0, 0.1) is 5.82 Å². The van der Waals surface area contributed by atoms with Gasteiger partial charge in [-0.15, -0.1) is 0 Å². The van der Waals surface area contributed by atoms with Crippen molar-refractivity contribution >= 4 is 17.4 Å². The molecule has 1 aliphatic heterocycles. The fourth-order valence-electron chi connectivity index (χ4n) is 1.71. The van der Waals surface area contributed by atoms with Crippen LogP contribution in [0.25, 0.3) is 0 Å². The van der Waals surface area contributed by atoms with E-state index in [2.05, 4.69) is 4.98 Å². The molecule has 0 amide bonds. The van der Waals surface area contributed by atoms with E-state index in [0.717, 1.165) is 18.7 Å². The number of hydrogen-bond acceptors (Lipinski definition) is 4. The molecule has 98 valence electrons. The van der Waals surface area contributed by atoms with Crippen molar-refractivity contribution in [2.75, 3.05) is 13.2 Å². The Kier molecular flexibility index (Phi) is 4.63. The Balaban J connectivity index is 1.92. The first-order valence-electron chi connectivity index (χ1n) is 5.74. The summed E-state index contributed by atoms with van der Waals surface area (Å²) in [6.45, 7) is 1.28. The van der Waals surface area contributed by atoms with Crippen LogP contribution in [-0.2, 0) is 9.47 Å². The third kappa shape index (κ3) is 3.48. The number of rotatable bonds is 4. The normalized spacial score (nSPS) is 16.8. The maximum atomic E-state index is 13.0. The fraction of sp³-hybridized carbons (Fsp3) is 0.500. The monoisotopic (exact) mass is 273 g/mol. The average Bonchev–Trinajstić information content (AvgIpc) is 2.40. The molecule has 0 aromatic carbocycles. The lowest BCUT2D eigenvalue weighted by Gasteiger charge is -2.22. The fourth-order valence-corrected chi connectivity index (χ4v) is 1.91. The zero-order chi connectivity index (χ0) is 13.0. The Hall–Kier alpha value is -1.04. The number of pyridine rings is 1. The first-order valence-corrected chi connectivity index (χ1v) is 6.12. The molecule has 0 atom stereocenters. The number of ether oxygens (including phenoxy) is 2. The molecule has 1 fully saturated rings. The van der Waals surface area contributed by atoms with Crippen molar-refractivity contribution in [3.05, 3.63) is 28.8 Å². The van der Waals surface area contributed by atoms with Crippen LogP contribution in [0.2, 0.25) is 5.15 Å². The van der Waals surface area contributed by atoms with Crippen LogP contribution in [-0.4, -0.2) is 30.3 Å². The van der Waals surface area contributed by atoms with Gasteiger partial charge in [0.05, 0.1) is 25.0 Å². The van der Waals surface area contributed by atoms with Gasteiger partial charge in [-0.05, 0) is 12.5 Å². The number of hydrogen-bond donors (Lipinski definition) is 0. The van der Waals surface area contributed by atoms with Gasteiger partial charge in [0, 0.05) is 12.8 Å². The summed E-state index contributed by atoms with van der Waals surface area (Å²) in [6.07, 6.45) is 2.11. The largest absolute Gasteiger partial charge is 0.353 e. The first kappa shape index (κ1) is 13.4. The van der Waals surface area contributed by atoms with Crippen LogP contribution in [0.5, 0.6) is 0 Å². The molecule has 0 spiro atoms. The molecule has 0 aliphatic carbocycles. The number of ketones is 1. The van der Waals surface area contributed by atoms with E-state index in [-0.39, 0.29) is 29.2 Å². The van der Waals surface area contributed by atoms with Crippen molar-refractivity contribution < 1.29 is 18.7 Å². The van der Waals surface area contributed by atoms with Gasteiger partial charge < -0.3 is 9.47 Å². The molecular weight excluding hydrogens is 261 g/mol. The number of nitrogens with zero attached hydrogens (tertiary/aromatic N) is 1. The van der Waals surface area contributed by atoms with Gasteiger partial charge in [-0.2, -0.15) is 0 Å². The van der Waals surface area contributed by atoms with Crippen LogP contribution in [0.15, 0.2) is 12.3 Å². The van der Waals surface area contributed by atoms with Gasteiger partial charge in [-0.25, -0.2) is 9.37 Å². The molecule has 0 radical (unpaired) electrons. The van der Waals surface area contributed by atoms with E-state index >= 15 is 0 Å². The predicted octanol–water partition coefficient (Wildman–Crippen LogP) is 2.60. The van der Waals surface area contributed by atoms with Crippen molar-refractivity contribution in [1.29, 1.82) is 0 Å². The second-order valence-electron chi connectivity index (χ2n) is 3.98. The van der Waals surface area contributed by atoms with E-state index in [1.807, 2.05) is 0 Å². The standard InChI is InChI=1S/C12H13ClFNO3/c13-12-9(6-8(14)7-15-12)10(16)2-3-11-17-4-1-5-18-11/h6-7,11H,1-5H2. The Morgan fingerprint density at radius 3 is 2.94 bits per heavy atom. The van der Waals surface area contributed by atoms with Gasteiger partial charge in [0.15, 0.2) is 12.1 Å². The Labute approximate surface area is 109 Å². The average molecular weight is 274 g/mol. The van der Waals surface area contributed by atoms with Crippen molar-refractivity contribution in [2.45, 2.75) is 25.6 Å². The highest BCUT2D eigenvalue weighted by atomic mass is 35.5. The lowest BCUT2D eigenvalue weighted by molar-refractivity contribution is -0.180. The van der Waals surface area contributed by atoms with E-state index < -0.39 is 5.82 Å². The second-order valence-corrected chi connectivity index (χ2v) is 4.34. The molecule has 2 rings (SSSR count). The number of carbonyl (C=O) groups excluding carboxylic acids is 1. The summed E-state index contributed by atoms with van der Waals surface area (Å²) in [4.78, 5) is 15.5. The zero-order valence-electron chi connectivity index (χ0n) is 9.70. The molecule has 2 heterocycles. The lowest BCUT2D eigenvalue weighted by atomic mass is 10.1. The summed E-state index contributed by atoms with van der Waals surface area (Å²) in [6, 6.07) is 1.10. The molecule has 0 unspecified atom stereocenters. The molecule has 4 nitrogen and oxygen atoms in total. The molecule has 1 aromatic heterocycles. The van der Waals surface area contributed by atoms with Gasteiger partial charge in [0.25, 0.3) is 0 Å². The van der Waals surface area contributed by atoms with E-state index in [4.69, 9.17) is 21.1 Å². The minimum absolute atomic E-state index is 0.0203. The maximum absolute atomic E-state index is 13.0. The minimum atomic E-state index is -0.576. The molecule has 0 bridgehead atoms. The predicted molar refractivity (Wildman–Crippen MR) is 63.1 cm³/mol. The summed E-state index contributed by atoms with van der Waals surface area (Å²) in [7, 11) is 0. The van der Waals surface area contributed by atoms with Gasteiger partial charge >= 0.3 is 0 Å². The second kappa shape index (κ2) is 6.22. The third-order valence-corrected chi connectivity index (χ3v) is 2.91. The van der Waals surface area contributed by atoms with Crippen molar-refractivity contribution in [1.82, 2.24) is 4.98 Å². The van der Waals surface area contributed by atoms with Crippen LogP contribution in [0.4, 0.5) is 4.39 Å². The molecule has 6 heteroatoms. The SMILES string of the molecule is O=C(CCC1OCCCO1)c1cc(F)cnc1Cl. The van der Waals surface area contributed by atoms with Gasteiger partial charge in [-0.3, -0.25) is 4.79 Å². The topological polar surface area (TPSA) is 48.4 Å². The summed E-state index contributed by atoms with van der Waals surface area (Å²) < 4.78 is 23.6. The first-order chi connectivity index (χ1) is 8.66. The Morgan fingerprint density at radius 2 is 2.22 bits per heavy atom. The minimum Gasteiger partial charge on any atom is -0.353 e.